The van der Waals surface area contributed by atoms with Gasteiger partial charge in [-0.25, -0.2) is 0 Å². The lowest BCUT2D eigenvalue weighted by molar-refractivity contribution is -0.123. The van der Waals surface area contributed by atoms with Crippen molar-refractivity contribution in [2.75, 3.05) is 0 Å². The van der Waals surface area contributed by atoms with Gasteiger partial charge in [0, 0.05) is 25.0 Å². The Morgan fingerprint density at radius 2 is 2.21 bits per heavy atom. The second kappa shape index (κ2) is 7.24. The molecule has 2 rings (SSSR count). The van der Waals surface area contributed by atoms with E-state index in [1.54, 1.807) is 6.20 Å². The molecule has 1 unspecified atom stereocenters. The van der Waals surface area contributed by atoms with E-state index in [2.05, 4.69) is 15.6 Å². The summed E-state index contributed by atoms with van der Waals surface area (Å²) in [7, 11) is 0. The third-order valence-corrected chi connectivity index (χ3v) is 3.68. The summed E-state index contributed by atoms with van der Waals surface area (Å²) in [5, 5.41) is 6.37. The number of nitrogens with zero attached hydrogens (tertiary/aromatic N) is 1. The molecule has 0 radical (unpaired) electrons. The molecule has 1 saturated carbocycles. The fraction of sp³-hybridized carbons (Fsp3) is 0.600. The van der Waals surface area contributed by atoms with Gasteiger partial charge in [-0.1, -0.05) is 25.3 Å². The van der Waals surface area contributed by atoms with Gasteiger partial charge < -0.3 is 10.6 Å². The first-order valence-corrected chi connectivity index (χ1v) is 7.18. The molecule has 1 amide bonds. The fourth-order valence-electron chi connectivity index (χ4n) is 2.44. The van der Waals surface area contributed by atoms with E-state index in [0.29, 0.717) is 12.6 Å². The summed E-state index contributed by atoms with van der Waals surface area (Å²) in [5.41, 5.74) is 1.10. The SMILES string of the molecule is CC(NCc1cccnc1)C(=O)NC1CCCCC1. The molecular weight excluding hydrogens is 238 g/mol. The summed E-state index contributed by atoms with van der Waals surface area (Å²) in [6.07, 6.45) is 9.61. The Bertz CT molecular complexity index is 388. The predicted octanol–water partition coefficient (Wildman–Crippen LogP) is 2.01. The normalized spacial score (nSPS) is 17.9. The van der Waals surface area contributed by atoms with Crippen molar-refractivity contribution in [3.05, 3.63) is 30.1 Å². The van der Waals surface area contributed by atoms with E-state index in [4.69, 9.17) is 0 Å². The van der Waals surface area contributed by atoms with Gasteiger partial charge in [0.05, 0.1) is 6.04 Å². The zero-order valence-corrected chi connectivity index (χ0v) is 11.6. The Kier molecular flexibility index (Phi) is 5.33. The van der Waals surface area contributed by atoms with Crippen LogP contribution in [0.5, 0.6) is 0 Å². The Morgan fingerprint density at radius 1 is 1.42 bits per heavy atom. The minimum Gasteiger partial charge on any atom is -0.352 e. The van der Waals surface area contributed by atoms with E-state index < -0.39 is 0 Å². The molecule has 1 aromatic rings. The van der Waals surface area contributed by atoms with Gasteiger partial charge in [-0.2, -0.15) is 0 Å². The molecule has 0 aliphatic heterocycles. The maximum absolute atomic E-state index is 12.0. The highest BCUT2D eigenvalue weighted by atomic mass is 16.2. The third kappa shape index (κ3) is 4.63. The number of carbonyl (C=O) groups is 1. The van der Waals surface area contributed by atoms with Crippen LogP contribution in [-0.2, 0) is 11.3 Å². The lowest BCUT2D eigenvalue weighted by Gasteiger charge is -2.24. The van der Waals surface area contributed by atoms with Crippen molar-refractivity contribution in [3.63, 3.8) is 0 Å². The molecule has 0 aromatic carbocycles. The van der Waals surface area contributed by atoms with Crippen molar-refractivity contribution in [2.45, 2.75) is 57.7 Å². The largest absolute Gasteiger partial charge is 0.352 e. The monoisotopic (exact) mass is 261 g/mol. The Balaban J connectivity index is 1.72. The van der Waals surface area contributed by atoms with E-state index in [9.17, 15) is 4.79 Å². The van der Waals surface area contributed by atoms with Gasteiger partial charge in [0.15, 0.2) is 0 Å². The van der Waals surface area contributed by atoms with Crippen molar-refractivity contribution >= 4 is 5.91 Å². The molecule has 1 aromatic heterocycles. The highest BCUT2D eigenvalue weighted by Crippen LogP contribution is 2.17. The smallest absolute Gasteiger partial charge is 0.237 e. The van der Waals surface area contributed by atoms with Crippen LogP contribution < -0.4 is 10.6 Å². The molecule has 1 atom stereocenters. The van der Waals surface area contributed by atoms with Gasteiger partial charge in [0.2, 0.25) is 5.91 Å². The topological polar surface area (TPSA) is 54.0 Å². The second-order valence-electron chi connectivity index (χ2n) is 5.31. The van der Waals surface area contributed by atoms with Gasteiger partial charge in [-0.3, -0.25) is 9.78 Å². The molecule has 0 spiro atoms. The highest BCUT2D eigenvalue weighted by Gasteiger charge is 2.19. The predicted molar refractivity (Wildman–Crippen MR) is 75.6 cm³/mol. The number of hydrogen-bond donors (Lipinski definition) is 2. The number of pyridine rings is 1. The van der Waals surface area contributed by atoms with Gasteiger partial charge in [0.1, 0.15) is 0 Å². The fourth-order valence-corrected chi connectivity index (χ4v) is 2.44. The number of aromatic nitrogens is 1. The van der Waals surface area contributed by atoms with Gasteiger partial charge in [-0.05, 0) is 31.4 Å². The van der Waals surface area contributed by atoms with Crippen LogP contribution in [0.2, 0.25) is 0 Å². The van der Waals surface area contributed by atoms with Crippen molar-refractivity contribution < 1.29 is 4.79 Å². The molecule has 4 nitrogen and oxygen atoms in total. The molecule has 1 fully saturated rings. The third-order valence-electron chi connectivity index (χ3n) is 3.68. The van der Waals surface area contributed by atoms with Gasteiger partial charge in [-0.15, -0.1) is 0 Å². The van der Waals surface area contributed by atoms with Crippen LogP contribution in [0.3, 0.4) is 0 Å². The molecular formula is C15H23N3O. The Morgan fingerprint density at radius 3 is 2.89 bits per heavy atom. The van der Waals surface area contributed by atoms with Gasteiger partial charge >= 0.3 is 0 Å². The number of rotatable bonds is 5. The molecule has 0 saturated heterocycles. The lowest BCUT2D eigenvalue weighted by Crippen LogP contribution is -2.46. The quantitative estimate of drug-likeness (QED) is 0.852. The van der Waals surface area contributed by atoms with Crippen molar-refractivity contribution in [2.24, 2.45) is 0 Å². The number of nitrogens with one attached hydrogen (secondary N) is 2. The highest BCUT2D eigenvalue weighted by molar-refractivity contribution is 5.81. The molecule has 1 heterocycles. The second-order valence-corrected chi connectivity index (χ2v) is 5.31. The maximum Gasteiger partial charge on any atom is 0.237 e. The average molecular weight is 261 g/mol. The van der Waals surface area contributed by atoms with Crippen LogP contribution in [0, 0.1) is 0 Å². The Labute approximate surface area is 115 Å². The van der Waals surface area contributed by atoms with E-state index in [1.165, 1.54) is 19.3 Å². The van der Waals surface area contributed by atoms with Crippen LogP contribution in [0.15, 0.2) is 24.5 Å². The molecule has 0 bridgehead atoms. The summed E-state index contributed by atoms with van der Waals surface area (Å²) in [5.74, 6) is 0.107. The summed E-state index contributed by atoms with van der Waals surface area (Å²) < 4.78 is 0. The molecule has 19 heavy (non-hydrogen) atoms. The maximum atomic E-state index is 12.0. The summed E-state index contributed by atoms with van der Waals surface area (Å²) in [6, 6.07) is 4.13. The molecule has 104 valence electrons. The van der Waals surface area contributed by atoms with Crippen molar-refractivity contribution in [3.8, 4) is 0 Å². The van der Waals surface area contributed by atoms with Crippen LogP contribution >= 0.6 is 0 Å². The van der Waals surface area contributed by atoms with Crippen LogP contribution in [0.4, 0.5) is 0 Å². The molecule has 1 aliphatic rings. The Hall–Kier alpha value is -1.42. The van der Waals surface area contributed by atoms with E-state index >= 15 is 0 Å². The van der Waals surface area contributed by atoms with E-state index in [1.807, 2.05) is 25.3 Å². The molecule has 4 heteroatoms. The summed E-state index contributed by atoms with van der Waals surface area (Å²) >= 11 is 0. The van der Waals surface area contributed by atoms with Gasteiger partial charge in [0.25, 0.3) is 0 Å². The van der Waals surface area contributed by atoms with Crippen molar-refractivity contribution in [1.82, 2.24) is 15.6 Å². The zero-order chi connectivity index (χ0) is 13.5. The zero-order valence-electron chi connectivity index (χ0n) is 11.6. The number of carbonyl (C=O) groups excluding carboxylic acids is 1. The first-order chi connectivity index (χ1) is 9.25. The number of hydrogen-bond acceptors (Lipinski definition) is 3. The van der Waals surface area contributed by atoms with E-state index in [-0.39, 0.29) is 11.9 Å². The molecule has 1 aliphatic carbocycles. The lowest BCUT2D eigenvalue weighted by atomic mass is 9.95. The minimum absolute atomic E-state index is 0.107. The molecule has 2 N–H and O–H groups in total. The standard InChI is InChI=1S/C15H23N3O/c1-12(17-11-13-6-5-9-16-10-13)15(19)18-14-7-3-2-4-8-14/h5-6,9-10,12,14,17H,2-4,7-8,11H2,1H3,(H,18,19). The van der Waals surface area contributed by atoms with E-state index in [0.717, 1.165) is 18.4 Å². The van der Waals surface area contributed by atoms with Crippen molar-refractivity contribution in [1.29, 1.82) is 0 Å². The minimum atomic E-state index is -0.165. The number of amides is 1. The summed E-state index contributed by atoms with van der Waals surface area (Å²) in [4.78, 5) is 16.1. The van der Waals surface area contributed by atoms with Crippen LogP contribution in [-0.4, -0.2) is 23.0 Å². The average Bonchev–Trinajstić information content (AvgIpc) is 2.47. The van der Waals surface area contributed by atoms with Crippen LogP contribution in [0.25, 0.3) is 0 Å². The summed E-state index contributed by atoms with van der Waals surface area (Å²) in [6.45, 7) is 2.58. The van der Waals surface area contributed by atoms with Crippen LogP contribution in [0.1, 0.15) is 44.6 Å². The first-order valence-electron chi connectivity index (χ1n) is 7.18. The first kappa shape index (κ1) is 14.0.